The van der Waals surface area contributed by atoms with Gasteiger partial charge in [0.05, 0.1) is 0 Å². The van der Waals surface area contributed by atoms with Crippen molar-refractivity contribution in [2.75, 3.05) is 0 Å². The van der Waals surface area contributed by atoms with E-state index in [1.54, 1.807) is 0 Å². The topological polar surface area (TPSA) is 46.5 Å². The van der Waals surface area contributed by atoms with Crippen molar-refractivity contribution in [1.82, 2.24) is 0 Å². The second kappa shape index (κ2) is 8.54. The Morgan fingerprint density at radius 2 is 1.69 bits per heavy atom. The van der Waals surface area contributed by atoms with E-state index < -0.39 is 5.97 Å². The first-order valence-electron chi connectivity index (χ1n) is 8.39. The second-order valence-corrected chi connectivity index (χ2v) is 6.41. The first-order chi connectivity index (χ1) is 12.6. The molecular weight excluding hydrogens is 348 g/mol. The molecule has 3 aromatic rings. The molecule has 0 bridgehead atoms. The van der Waals surface area contributed by atoms with Crippen LogP contribution in [-0.2, 0) is 17.8 Å². The number of rotatable bonds is 7. The van der Waals surface area contributed by atoms with Gasteiger partial charge in [-0.2, -0.15) is 0 Å². The quantitative estimate of drug-likeness (QED) is 0.591. The Kier molecular flexibility index (Phi) is 5.92. The van der Waals surface area contributed by atoms with Gasteiger partial charge in [0.25, 0.3) is 0 Å². The summed E-state index contributed by atoms with van der Waals surface area (Å²) in [7, 11) is 0. The van der Waals surface area contributed by atoms with Crippen LogP contribution in [0.15, 0.2) is 72.8 Å². The Labute approximate surface area is 157 Å². The van der Waals surface area contributed by atoms with E-state index in [2.05, 4.69) is 6.07 Å². The number of halogens is 1. The number of aliphatic carboxylic acids is 1. The molecule has 0 saturated heterocycles. The third-order valence-electron chi connectivity index (χ3n) is 4.07. The van der Waals surface area contributed by atoms with Crippen molar-refractivity contribution in [2.24, 2.45) is 0 Å². The fourth-order valence-corrected chi connectivity index (χ4v) is 2.94. The van der Waals surface area contributed by atoms with Gasteiger partial charge in [0, 0.05) is 17.0 Å². The maximum absolute atomic E-state index is 10.6. The van der Waals surface area contributed by atoms with Gasteiger partial charge in [0.1, 0.15) is 12.4 Å². The highest BCUT2D eigenvalue weighted by molar-refractivity contribution is 6.33. The fraction of sp³-hybridized carbons (Fsp3) is 0.136. The lowest BCUT2D eigenvalue weighted by Gasteiger charge is -2.10. The first kappa shape index (κ1) is 18.0. The van der Waals surface area contributed by atoms with Crippen molar-refractivity contribution >= 4 is 17.6 Å². The summed E-state index contributed by atoms with van der Waals surface area (Å²) in [6.45, 7) is 0.451. The highest BCUT2D eigenvalue weighted by Gasteiger charge is 2.04. The smallest absolute Gasteiger partial charge is 0.303 e. The summed E-state index contributed by atoms with van der Waals surface area (Å²) in [5, 5.41) is 9.45. The zero-order valence-corrected chi connectivity index (χ0v) is 14.9. The highest BCUT2D eigenvalue weighted by Crippen LogP contribution is 2.28. The van der Waals surface area contributed by atoms with Crippen molar-refractivity contribution in [3.63, 3.8) is 0 Å². The molecule has 4 heteroatoms. The Hall–Kier alpha value is -2.78. The van der Waals surface area contributed by atoms with Crippen LogP contribution in [0.3, 0.4) is 0 Å². The second-order valence-electron chi connectivity index (χ2n) is 6.01. The number of carboxylic acids is 1. The van der Waals surface area contributed by atoms with E-state index in [-0.39, 0.29) is 6.42 Å². The molecule has 3 aromatic carbocycles. The van der Waals surface area contributed by atoms with Gasteiger partial charge in [-0.1, -0.05) is 60.1 Å². The van der Waals surface area contributed by atoms with Crippen molar-refractivity contribution in [2.45, 2.75) is 19.4 Å². The van der Waals surface area contributed by atoms with Gasteiger partial charge in [-0.3, -0.25) is 4.79 Å². The van der Waals surface area contributed by atoms with Crippen LogP contribution < -0.4 is 4.74 Å². The SMILES string of the molecule is O=C(O)CCc1ccc(OCc2cccc(-c3ccccc3Cl)c2)cc1. The van der Waals surface area contributed by atoms with Crippen molar-refractivity contribution in [1.29, 1.82) is 0 Å². The van der Waals surface area contributed by atoms with E-state index in [1.807, 2.05) is 66.7 Å². The zero-order chi connectivity index (χ0) is 18.4. The van der Waals surface area contributed by atoms with Crippen molar-refractivity contribution < 1.29 is 14.6 Å². The van der Waals surface area contributed by atoms with Crippen LogP contribution in [-0.4, -0.2) is 11.1 Å². The molecule has 0 unspecified atom stereocenters. The molecule has 0 amide bonds. The van der Waals surface area contributed by atoms with Gasteiger partial charge in [0.2, 0.25) is 0 Å². The normalized spacial score (nSPS) is 10.5. The fourth-order valence-electron chi connectivity index (χ4n) is 2.69. The third kappa shape index (κ3) is 4.87. The van der Waals surface area contributed by atoms with E-state index in [0.717, 1.165) is 33.0 Å². The standard InChI is InChI=1S/C22H19ClO3/c23-21-7-2-1-6-20(21)18-5-3-4-17(14-18)15-26-19-11-8-16(9-12-19)10-13-22(24)25/h1-9,11-12,14H,10,13,15H2,(H,24,25). The maximum Gasteiger partial charge on any atom is 0.303 e. The molecule has 1 N–H and O–H groups in total. The number of hydrogen-bond acceptors (Lipinski definition) is 2. The average Bonchev–Trinajstić information content (AvgIpc) is 2.66. The molecule has 26 heavy (non-hydrogen) atoms. The van der Waals surface area contributed by atoms with Gasteiger partial charge < -0.3 is 9.84 Å². The van der Waals surface area contributed by atoms with E-state index in [0.29, 0.717) is 13.0 Å². The molecule has 0 aliphatic rings. The summed E-state index contributed by atoms with van der Waals surface area (Å²) in [5.41, 5.74) is 4.09. The van der Waals surface area contributed by atoms with Crippen LogP contribution in [0.1, 0.15) is 17.5 Å². The summed E-state index contributed by atoms with van der Waals surface area (Å²) >= 11 is 6.28. The van der Waals surface area contributed by atoms with Gasteiger partial charge in [-0.15, -0.1) is 0 Å². The van der Waals surface area contributed by atoms with Gasteiger partial charge >= 0.3 is 5.97 Å². The molecule has 0 aliphatic carbocycles. The van der Waals surface area contributed by atoms with Crippen molar-refractivity contribution in [3.05, 3.63) is 88.9 Å². The molecule has 3 nitrogen and oxygen atoms in total. The van der Waals surface area contributed by atoms with Gasteiger partial charge in [-0.05, 0) is 47.4 Å². The summed E-state index contributed by atoms with van der Waals surface area (Å²) < 4.78 is 5.84. The maximum atomic E-state index is 10.6. The minimum atomic E-state index is -0.788. The minimum Gasteiger partial charge on any atom is -0.489 e. The number of carbonyl (C=O) groups is 1. The molecule has 0 saturated carbocycles. The van der Waals surface area contributed by atoms with Crippen LogP contribution in [0.2, 0.25) is 5.02 Å². The van der Waals surface area contributed by atoms with Crippen LogP contribution in [0.5, 0.6) is 5.75 Å². The lowest BCUT2D eigenvalue weighted by Crippen LogP contribution is -1.98. The highest BCUT2D eigenvalue weighted by atomic mass is 35.5. The largest absolute Gasteiger partial charge is 0.489 e. The number of aryl methyl sites for hydroxylation is 1. The predicted molar refractivity (Wildman–Crippen MR) is 104 cm³/mol. The van der Waals surface area contributed by atoms with Gasteiger partial charge in [-0.25, -0.2) is 0 Å². The molecule has 0 aliphatic heterocycles. The summed E-state index contributed by atoms with van der Waals surface area (Å²) in [6, 6.07) is 23.4. The molecule has 0 spiro atoms. The zero-order valence-electron chi connectivity index (χ0n) is 14.2. The number of ether oxygens (including phenoxy) is 1. The first-order valence-corrected chi connectivity index (χ1v) is 8.77. The lowest BCUT2D eigenvalue weighted by molar-refractivity contribution is -0.136. The molecule has 132 valence electrons. The van der Waals surface area contributed by atoms with E-state index in [9.17, 15) is 4.79 Å². The van der Waals surface area contributed by atoms with Crippen LogP contribution in [0.25, 0.3) is 11.1 Å². The molecule has 0 heterocycles. The Balaban J connectivity index is 1.64. The lowest BCUT2D eigenvalue weighted by atomic mass is 10.0. The monoisotopic (exact) mass is 366 g/mol. The predicted octanol–water partition coefficient (Wildman–Crippen LogP) is 5.60. The Morgan fingerprint density at radius 1 is 0.923 bits per heavy atom. The van der Waals surface area contributed by atoms with Crippen molar-refractivity contribution in [3.8, 4) is 16.9 Å². The number of benzene rings is 3. The summed E-state index contributed by atoms with van der Waals surface area (Å²) in [5.74, 6) is -0.0315. The average molecular weight is 367 g/mol. The van der Waals surface area contributed by atoms with Crippen LogP contribution >= 0.6 is 11.6 Å². The molecular formula is C22H19ClO3. The van der Waals surface area contributed by atoms with Gasteiger partial charge in [0.15, 0.2) is 0 Å². The summed E-state index contributed by atoms with van der Waals surface area (Å²) in [4.78, 5) is 10.6. The molecule has 0 atom stereocenters. The van der Waals surface area contributed by atoms with E-state index >= 15 is 0 Å². The molecule has 0 radical (unpaired) electrons. The third-order valence-corrected chi connectivity index (χ3v) is 4.40. The van der Waals surface area contributed by atoms with Crippen LogP contribution in [0, 0.1) is 0 Å². The molecule has 0 fully saturated rings. The van der Waals surface area contributed by atoms with E-state index in [1.165, 1.54) is 0 Å². The Morgan fingerprint density at radius 3 is 2.42 bits per heavy atom. The van der Waals surface area contributed by atoms with E-state index in [4.69, 9.17) is 21.4 Å². The minimum absolute atomic E-state index is 0.134. The number of hydrogen-bond donors (Lipinski definition) is 1. The molecule has 0 aromatic heterocycles. The number of carboxylic acid groups (broad SMARTS) is 1. The summed E-state index contributed by atoms with van der Waals surface area (Å²) in [6.07, 6.45) is 0.657. The molecule has 3 rings (SSSR count). The van der Waals surface area contributed by atoms with Crippen LogP contribution in [0.4, 0.5) is 0 Å². The Bertz CT molecular complexity index is 888.